The third-order valence-electron chi connectivity index (χ3n) is 7.20. The van der Waals surface area contributed by atoms with Crippen LogP contribution in [0.25, 0.3) is 11.1 Å². The van der Waals surface area contributed by atoms with Gasteiger partial charge in [0.25, 0.3) is 5.91 Å². The molecule has 214 valence electrons. The second-order valence-corrected chi connectivity index (χ2v) is 10.2. The number of carbonyl (C=O) groups excluding carboxylic acids is 2. The van der Waals surface area contributed by atoms with Crippen LogP contribution < -0.4 is 10.6 Å². The molecule has 0 aromatic heterocycles. The lowest BCUT2D eigenvalue weighted by Gasteiger charge is -2.22. The Hall–Kier alpha value is -5.02. The largest absolute Gasteiger partial charge is 0.480 e. The molecule has 0 saturated carbocycles. The number of carbonyl (C=O) groups is 3. The molecular weight excluding hydrogens is 537 g/mol. The molecule has 0 saturated heterocycles. The highest BCUT2D eigenvalue weighted by molar-refractivity contribution is 5.97. The van der Waals surface area contributed by atoms with Crippen molar-refractivity contribution in [2.24, 2.45) is 0 Å². The van der Waals surface area contributed by atoms with E-state index < -0.39 is 29.8 Å². The molecule has 9 heteroatoms. The second-order valence-electron chi connectivity index (χ2n) is 10.2. The van der Waals surface area contributed by atoms with E-state index in [1.807, 2.05) is 78.9 Å². The highest BCUT2D eigenvalue weighted by atomic mass is 19.1. The predicted octanol–water partition coefficient (Wildman–Crippen LogP) is 5.50. The van der Waals surface area contributed by atoms with Gasteiger partial charge in [-0.25, -0.2) is 14.0 Å². The average Bonchev–Trinajstić information content (AvgIpc) is 3.30. The van der Waals surface area contributed by atoms with Gasteiger partial charge in [0.1, 0.15) is 18.5 Å². The van der Waals surface area contributed by atoms with Crippen molar-refractivity contribution in [2.45, 2.75) is 18.5 Å². The Morgan fingerprint density at radius 2 is 1.52 bits per heavy atom. The highest BCUT2D eigenvalue weighted by Crippen LogP contribution is 2.44. The van der Waals surface area contributed by atoms with Crippen LogP contribution in [-0.2, 0) is 16.1 Å². The van der Waals surface area contributed by atoms with Gasteiger partial charge in [-0.05, 0) is 53.1 Å². The molecule has 4 aromatic rings. The van der Waals surface area contributed by atoms with Crippen LogP contribution in [0.3, 0.4) is 0 Å². The van der Waals surface area contributed by atoms with Gasteiger partial charge in [-0.2, -0.15) is 0 Å². The van der Waals surface area contributed by atoms with E-state index in [-0.39, 0.29) is 30.3 Å². The van der Waals surface area contributed by atoms with Gasteiger partial charge in [-0.1, -0.05) is 78.9 Å². The summed E-state index contributed by atoms with van der Waals surface area (Å²) >= 11 is 0. The molecule has 0 radical (unpaired) electrons. The molecular formula is C33H30FN3O5. The zero-order chi connectivity index (χ0) is 29.6. The number of aliphatic carboxylic acids is 1. The standard InChI is InChI=1S/C33H30FN3O5/c1-37(18-21-9-3-2-4-10-21)19-30(32(39)40)35-31(38)22-15-16-29(28(34)17-22)36-33(41)42-20-27-25-13-7-5-11-23(25)24-12-6-8-14-26(24)27/h2-17,27,30H,18-20H2,1H3,(H,35,38)(H,36,41)(H,39,40). The molecule has 1 aliphatic rings. The lowest BCUT2D eigenvalue weighted by atomic mass is 9.98. The van der Waals surface area contributed by atoms with Gasteiger partial charge in [0.15, 0.2) is 0 Å². The van der Waals surface area contributed by atoms with Crippen LogP contribution in [0.15, 0.2) is 97.1 Å². The van der Waals surface area contributed by atoms with E-state index in [9.17, 15) is 23.9 Å². The molecule has 1 atom stereocenters. The summed E-state index contributed by atoms with van der Waals surface area (Å²) < 4.78 is 20.3. The molecule has 1 aliphatic carbocycles. The van der Waals surface area contributed by atoms with E-state index in [1.165, 1.54) is 12.1 Å². The highest BCUT2D eigenvalue weighted by Gasteiger charge is 2.29. The number of anilines is 1. The quantitative estimate of drug-likeness (QED) is 0.234. The molecule has 1 unspecified atom stereocenters. The van der Waals surface area contributed by atoms with Crippen LogP contribution in [-0.4, -0.2) is 54.2 Å². The first-order valence-electron chi connectivity index (χ1n) is 13.5. The number of hydrogen-bond acceptors (Lipinski definition) is 5. The number of hydrogen-bond donors (Lipinski definition) is 3. The minimum absolute atomic E-state index is 0.0415. The third-order valence-corrected chi connectivity index (χ3v) is 7.20. The van der Waals surface area contributed by atoms with Crippen LogP contribution in [0.2, 0.25) is 0 Å². The number of nitrogens with zero attached hydrogens (tertiary/aromatic N) is 1. The van der Waals surface area contributed by atoms with E-state index in [0.717, 1.165) is 33.9 Å². The molecule has 8 nitrogen and oxygen atoms in total. The molecule has 0 fully saturated rings. The van der Waals surface area contributed by atoms with Gasteiger partial charge >= 0.3 is 12.1 Å². The molecule has 3 N–H and O–H groups in total. The van der Waals surface area contributed by atoms with E-state index in [0.29, 0.717) is 6.54 Å². The van der Waals surface area contributed by atoms with Gasteiger partial charge in [0, 0.05) is 24.6 Å². The number of carboxylic acid groups (broad SMARTS) is 1. The van der Waals surface area contributed by atoms with Crippen LogP contribution in [0.5, 0.6) is 0 Å². The van der Waals surface area contributed by atoms with Crippen LogP contribution in [0, 0.1) is 5.82 Å². The van der Waals surface area contributed by atoms with Crippen molar-refractivity contribution in [3.8, 4) is 11.1 Å². The predicted molar refractivity (Wildman–Crippen MR) is 157 cm³/mol. The normalized spacial score (nSPS) is 12.7. The maximum Gasteiger partial charge on any atom is 0.411 e. The first-order chi connectivity index (χ1) is 20.3. The summed E-state index contributed by atoms with van der Waals surface area (Å²) in [4.78, 5) is 38.9. The first kappa shape index (κ1) is 28.5. The first-order valence-corrected chi connectivity index (χ1v) is 13.5. The summed E-state index contributed by atoms with van der Waals surface area (Å²) in [5.41, 5.74) is 5.05. The van der Waals surface area contributed by atoms with Gasteiger partial charge in [-0.15, -0.1) is 0 Å². The minimum Gasteiger partial charge on any atom is -0.480 e. The van der Waals surface area contributed by atoms with Crippen molar-refractivity contribution in [3.05, 3.63) is 125 Å². The van der Waals surface area contributed by atoms with Gasteiger partial charge in [-0.3, -0.25) is 15.0 Å². The number of rotatable bonds is 10. The monoisotopic (exact) mass is 567 g/mol. The van der Waals surface area contributed by atoms with Crippen molar-refractivity contribution in [3.63, 3.8) is 0 Å². The lowest BCUT2D eigenvalue weighted by Crippen LogP contribution is -2.47. The lowest BCUT2D eigenvalue weighted by molar-refractivity contribution is -0.139. The Bertz CT molecular complexity index is 1570. The Balaban J connectivity index is 1.17. The van der Waals surface area contributed by atoms with Gasteiger partial charge in [0.2, 0.25) is 0 Å². The molecule has 0 heterocycles. The molecule has 4 aromatic carbocycles. The maximum absolute atomic E-state index is 14.9. The topological polar surface area (TPSA) is 108 Å². The van der Waals surface area contributed by atoms with Crippen molar-refractivity contribution >= 4 is 23.7 Å². The van der Waals surface area contributed by atoms with Gasteiger partial charge < -0.3 is 15.2 Å². The van der Waals surface area contributed by atoms with Crippen molar-refractivity contribution in [2.75, 3.05) is 25.5 Å². The Morgan fingerprint density at radius 1 is 0.905 bits per heavy atom. The number of ether oxygens (including phenoxy) is 1. The number of nitrogens with one attached hydrogen (secondary N) is 2. The van der Waals surface area contributed by atoms with Gasteiger partial charge in [0.05, 0.1) is 5.69 Å². The molecule has 5 rings (SSSR count). The van der Waals surface area contributed by atoms with E-state index in [1.54, 1.807) is 11.9 Å². The zero-order valence-electron chi connectivity index (χ0n) is 22.9. The smallest absolute Gasteiger partial charge is 0.411 e. The summed E-state index contributed by atoms with van der Waals surface area (Å²) in [6.07, 6.45) is -0.833. The maximum atomic E-state index is 14.9. The number of benzene rings is 4. The summed E-state index contributed by atoms with van der Waals surface area (Å²) in [5, 5.41) is 14.5. The molecule has 2 amide bonds. The minimum atomic E-state index is -1.21. The van der Waals surface area contributed by atoms with E-state index in [2.05, 4.69) is 10.6 Å². The fourth-order valence-electron chi connectivity index (χ4n) is 5.20. The van der Waals surface area contributed by atoms with Crippen molar-refractivity contribution in [1.29, 1.82) is 0 Å². The van der Waals surface area contributed by atoms with Crippen LogP contribution >= 0.6 is 0 Å². The Labute approximate surface area is 242 Å². The summed E-state index contributed by atoms with van der Waals surface area (Å²) in [5.74, 6) is -2.96. The van der Waals surface area contributed by atoms with E-state index in [4.69, 9.17) is 4.74 Å². The summed E-state index contributed by atoms with van der Waals surface area (Å²) in [6.45, 7) is 0.600. The molecule has 0 aliphatic heterocycles. The number of amides is 2. The number of carboxylic acids is 1. The van der Waals surface area contributed by atoms with E-state index >= 15 is 0 Å². The van der Waals surface area contributed by atoms with Crippen LogP contribution in [0.4, 0.5) is 14.9 Å². The third kappa shape index (κ3) is 6.47. The fraction of sp³-hybridized carbons (Fsp3) is 0.182. The fourth-order valence-corrected chi connectivity index (χ4v) is 5.20. The van der Waals surface area contributed by atoms with Crippen molar-refractivity contribution in [1.82, 2.24) is 10.2 Å². The number of halogens is 1. The number of fused-ring (bicyclic) bond motifs is 3. The van der Waals surface area contributed by atoms with Crippen LogP contribution in [0.1, 0.15) is 33.0 Å². The average molecular weight is 568 g/mol. The molecule has 0 bridgehead atoms. The van der Waals surface area contributed by atoms with Crippen molar-refractivity contribution < 1.29 is 28.6 Å². The Kier molecular flexibility index (Phi) is 8.59. The zero-order valence-corrected chi connectivity index (χ0v) is 22.9. The molecule has 42 heavy (non-hydrogen) atoms. The number of likely N-dealkylation sites (N-methyl/N-ethyl adjacent to an activating group) is 1. The summed E-state index contributed by atoms with van der Waals surface area (Å²) in [7, 11) is 1.75. The SMILES string of the molecule is CN(Cc1ccccc1)CC(NC(=O)c1ccc(NC(=O)OCC2c3ccccc3-c3ccccc32)c(F)c1)C(=O)O. The Morgan fingerprint density at radius 3 is 2.14 bits per heavy atom. The second kappa shape index (κ2) is 12.7. The summed E-state index contributed by atoms with van der Waals surface area (Å²) in [6, 6.07) is 27.7. The molecule has 0 spiro atoms.